The van der Waals surface area contributed by atoms with E-state index in [2.05, 4.69) is 10.1 Å². The number of aliphatic hydroxyl groups excluding tert-OH is 1. The van der Waals surface area contributed by atoms with E-state index < -0.39 is 0 Å². The number of carbonyl (C=O) groups excluding carboxylic acids is 1. The lowest BCUT2D eigenvalue weighted by Crippen LogP contribution is -2.26. The van der Waals surface area contributed by atoms with E-state index in [-0.39, 0.29) is 12.5 Å². The zero-order valence-electron chi connectivity index (χ0n) is 14.0. The highest BCUT2D eigenvalue weighted by atomic mass is 16.3. The Bertz CT molecular complexity index is 828. The number of benzene rings is 1. The lowest BCUT2D eigenvalue weighted by Gasteiger charge is -2.17. The largest absolute Gasteiger partial charge is 0.394 e. The molecule has 128 valence electrons. The minimum absolute atomic E-state index is 0.0374. The lowest BCUT2D eigenvalue weighted by molar-refractivity contribution is 0.0784. The highest BCUT2D eigenvalue weighted by molar-refractivity contribution is 5.94. The zero-order chi connectivity index (χ0) is 17.6. The molecule has 0 aliphatic rings. The van der Waals surface area contributed by atoms with Gasteiger partial charge in [-0.3, -0.25) is 14.5 Å². The summed E-state index contributed by atoms with van der Waals surface area (Å²) in [5, 5.41) is 13.1. The molecule has 3 rings (SSSR count). The fourth-order valence-corrected chi connectivity index (χ4v) is 2.56. The van der Waals surface area contributed by atoms with Crippen molar-refractivity contribution in [2.75, 3.05) is 13.7 Å². The van der Waals surface area contributed by atoms with Gasteiger partial charge in [-0.1, -0.05) is 30.3 Å². The number of rotatable bonds is 6. The van der Waals surface area contributed by atoms with Gasteiger partial charge in [0.05, 0.1) is 30.6 Å². The number of nitrogens with zero attached hydrogens (tertiary/aromatic N) is 4. The molecule has 0 fully saturated rings. The predicted molar refractivity (Wildman–Crippen MR) is 94.8 cm³/mol. The molecule has 0 unspecified atom stereocenters. The van der Waals surface area contributed by atoms with Crippen LogP contribution in [0.4, 0.5) is 0 Å². The second-order valence-corrected chi connectivity index (χ2v) is 5.79. The fourth-order valence-electron chi connectivity index (χ4n) is 2.56. The summed E-state index contributed by atoms with van der Waals surface area (Å²) >= 11 is 0. The first-order valence-corrected chi connectivity index (χ1v) is 8.06. The molecule has 0 aliphatic carbocycles. The third-order valence-electron chi connectivity index (χ3n) is 3.88. The Balaban J connectivity index is 1.69. The normalized spacial score (nSPS) is 10.6. The van der Waals surface area contributed by atoms with Crippen molar-refractivity contribution >= 4 is 5.91 Å². The minimum Gasteiger partial charge on any atom is -0.394 e. The number of carbonyl (C=O) groups is 1. The number of hydrogen-bond acceptors (Lipinski definition) is 4. The molecule has 6 heteroatoms. The van der Waals surface area contributed by atoms with Gasteiger partial charge in [-0.05, 0) is 17.7 Å². The number of hydrogen-bond donors (Lipinski definition) is 1. The van der Waals surface area contributed by atoms with E-state index in [0.717, 1.165) is 16.8 Å². The predicted octanol–water partition coefficient (Wildman–Crippen LogP) is 2.21. The number of aliphatic hydroxyl groups is 1. The second kappa shape index (κ2) is 7.72. The van der Waals surface area contributed by atoms with Gasteiger partial charge in [0.25, 0.3) is 5.91 Å². The molecule has 0 atom stereocenters. The van der Waals surface area contributed by atoms with E-state index in [1.807, 2.05) is 42.6 Å². The van der Waals surface area contributed by atoms with Gasteiger partial charge in [-0.25, -0.2) is 0 Å². The quantitative estimate of drug-likeness (QED) is 0.749. The van der Waals surface area contributed by atoms with Crippen LogP contribution in [0.1, 0.15) is 15.9 Å². The van der Waals surface area contributed by atoms with E-state index in [1.165, 1.54) is 0 Å². The Morgan fingerprint density at radius 1 is 1.16 bits per heavy atom. The average Bonchev–Trinajstić information content (AvgIpc) is 3.11. The van der Waals surface area contributed by atoms with Crippen molar-refractivity contribution in [1.82, 2.24) is 19.7 Å². The standard InChI is InChI=1S/C19H20N4O2/c1-22(13-15-5-3-2-4-6-15)19(25)16-7-8-18(20-11-16)17-12-21-23(14-17)9-10-24/h2-8,11-12,14,24H,9-10,13H2,1H3. The Kier molecular flexibility index (Phi) is 5.20. The first kappa shape index (κ1) is 16.9. The van der Waals surface area contributed by atoms with Crippen LogP contribution in [0.5, 0.6) is 0 Å². The summed E-state index contributed by atoms with van der Waals surface area (Å²) in [4.78, 5) is 18.6. The summed E-state index contributed by atoms with van der Waals surface area (Å²) in [6.07, 6.45) is 5.10. The number of pyridine rings is 1. The third kappa shape index (κ3) is 4.10. The Labute approximate surface area is 146 Å². The molecule has 1 amide bonds. The smallest absolute Gasteiger partial charge is 0.255 e. The molecule has 0 radical (unpaired) electrons. The van der Waals surface area contributed by atoms with E-state index in [1.54, 1.807) is 35.1 Å². The minimum atomic E-state index is -0.0705. The maximum Gasteiger partial charge on any atom is 0.255 e. The van der Waals surface area contributed by atoms with Crippen LogP contribution >= 0.6 is 0 Å². The SMILES string of the molecule is CN(Cc1ccccc1)C(=O)c1ccc(-c2cnn(CCO)c2)nc1. The molecule has 2 heterocycles. The maximum atomic E-state index is 12.5. The van der Waals surface area contributed by atoms with Crippen molar-refractivity contribution in [3.05, 3.63) is 72.2 Å². The Morgan fingerprint density at radius 2 is 1.96 bits per heavy atom. The van der Waals surface area contributed by atoms with Crippen LogP contribution < -0.4 is 0 Å². The van der Waals surface area contributed by atoms with Crippen LogP contribution in [-0.2, 0) is 13.1 Å². The third-order valence-corrected chi connectivity index (χ3v) is 3.88. The zero-order valence-corrected chi connectivity index (χ0v) is 14.0. The molecule has 1 N–H and O–H groups in total. The molecule has 3 aromatic rings. The van der Waals surface area contributed by atoms with Crippen LogP contribution in [0.2, 0.25) is 0 Å². The molecule has 0 spiro atoms. The summed E-state index contributed by atoms with van der Waals surface area (Å²) < 4.78 is 1.66. The first-order chi connectivity index (χ1) is 12.2. The van der Waals surface area contributed by atoms with Crippen molar-refractivity contribution < 1.29 is 9.90 Å². The van der Waals surface area contributed by atoms with Gasteiger partial charge in [-0.2, -0.15) is 5.10 Å². The van der Waals surface area contributed by atoms with Crippen molar-refractivity contribution in [3.63, 3.8) is 0 Å². The van der Waals surface area contributed by atoms with Crippen LogP contribution in [0.25, 0.3) is 11.3 Å². The molecule has 0 saturated carbocycles. The highest BCUT2D eigenvalue weighted by Gasteiger charge is 2.13. The Morgan fingerprint density at radius 3 is 2.64 bits per heavy atom. The fraction of sp³-hybridized carbons (Fsp3) is 0.211. The van der Waals surface area contributed by atoms with Crippen LogP contribution in [0, 0.1) is 0 Å². The molecule has 1 aromatic carbocycles. The summed E-state index contributed by atoms with van der Waals surface area (Å²) in [6, 6.07) is 13.4. The van der Waals surface area contributed by atoms with Gasteiger partial charge in [0, 0.05) is 31.5 Å². The van der Waals surface area contributed by atoms with E-state index in [9.17, 15) is 4.79 Å². The van der Waals surface area contributed by atoms with Crippen LogP contribution in [0.3, 0.4) is 0 Å². The van der Waals surface area contributed by atoms with Gasteiger partial charge in [-0.15, -0.1) is 0 Å². The van der Waals surface area contributed by atoms with Gasteiger partial charge < -0.3 is 10.0 Å². The number of aromatic nitrogens is 3. The van der Waals surface area contributed by atoms with Crippen molar-refractivity contribution in [2.24, 2.45) is 0 Å². The second-order valence-electron chi connectivity index (χ2n) is 5.79. The Hall–Kier alpha value is -2.99. The summed E-state index contributed by atoms with van der Waals surface area (Å²) in [7, 11) is 1.78. The van der Waals surface area contributed by atoms with E-state index in [4.69, 9.17) is 5.11 Å². The summed E-state index contributed by atoms with van der Waals surface area (Å²) in [5.74, 6) is -0.0705. The monoisotopic (exact) mass is 336 g/mol. The summed E-state index contributed by atoms with van der Waals surface area (Å²) in [6.45, 7) is 1.03. The first-order valence-electron chi connectivity index (χ1n) is 8.06. The van der Waals surface area contributed by atoms with Crippen LogP contribution in [-0.4, -0.2) is 44.3 Å². The van der Waals surface area contributed by atoms with Gasteiger partial charge in [0.15, 0.2) is 0 Å². The molecule has 25 heavy (non-hydrogen) atoms. The highest BCUT2D eigenvalue weighted by Crippen LogP contribution is 2.17. The van der Waals surface area contributed by atoms with Gasteiger partial charge in [0.1, 0.15) is 0 Å². The maximum absolute atomic E-state index is 12.5. The van der Waals surface area contributed by atoms with Crippen LogP contribution in [0.15, 0.2) is 61.1 Å². The number of amides is 1. The van der Waals surface area contributed by atoms with Crippen molar-refractivity contribution in [2.45, 2.75) is 13.1 Å². The van der Waals surface area contributed by atoms with E-state index in [0.29, 0.717) is 18.7 Å². The molecular formula is C19H20N4O2. The lowest BCUT2D eigenvalue weighted by atomic mass is 10.1. The molecule has 2 aromatic heterocycles. The molecule has 6 nitrogen and oxygen atoms in total. The molecule has 0 saturated heterocycles. The summed E-state index contributed by atoms with van der Waals surface area (Å²) in [5.41, 5.74) is 3.22. The molecule has 0 aliphatic heterocycles. The van der Waals surface area contributed by atoms with Crippen molar-refractivity contribution in [3.8, 4) is 11.3 Å². The van der Waals surface area contributed by atoms with E-state index >= 15 is 0 Å². The van der Waals surface area contributed by atoms with Gasteiger partial charge >= 0.3 is 0 Å². The molecule has 0 bridgehead atoms. The topological polar surface area (TPSA) is 71.2 Å². The van der Waals surface area contributed by atoms with Gasteiger partial charge in [0.2, 0.25) is 0 Å². The average molecular weight is 336 g/mol. The van der Waals surface area contributed by atoms with Crippen molar-refractivity contribution in [1.29, 1.82) is 0 Å². The molecular weight excluding hydrogens is 316 g/mol.